The summed E-state index contributed by atoms with van der Waals surface area (Å²) >= 11 is 1.77. The Labute approximate surface area is 108 Å². The van der Waals surface area contributed by atoms with Crippen LogP contribution in [0.2, 0.25) is 0 Å². The van der Waals surface area contributed by atoms with E-state index in [-0.39, 0.29) is 0 Å². The maximum Gasteiger partial charge on any atom is 0.232 e. The fourth-order valence-electron chi connectivity index (χ4n) is 2.24. The SMILES string of the molecule is O=C(CSCCN1CCOCC1)N1CCCC1. The van der Waals surface area contributed by atoms with Crippen molar-refractivity contribution < 1.29 is 9.53 Å². The number of hydrogen-bond acceptors (Lipinski definition) is 4. The fraction of sp³-hybridized carbons (Fsp3) is 0.917. The summed E-state index contributed by atoms with van der Waals surface area (Å²) in [5.74, 6) is 2.04. The van der Waals surface area contributed by atoms with Crippen LogP contribution in [0.15, 0.2) is 0 Å². The lowest BCUT2D eigenvalue weighted by Crippen LogP contribution is -2.37. The molecule has 0 atom stereocenters. The number of likely N-dealkylation sites (tertiary alicyclic amines) is 1. The predicted molar refractivity (Wildman–Crippen MR) is 70.4 cm³/mol. The van der Waals surface area contributed by atoms with Gasteiger partial charge in [-0.05, 0) is 12.8 Å². The van der Waals surface area contributed by atoms with E-state index in [1.54, 1.807) is 11.8 Å². The van der Waals surface area contributed by atoms with Crippen LogP contribution in [-0.4, -0.2) is 73.2 Å². The van der Waals surface area contributed by atoms with Crippen molar-refractivity contribution in [2.45, 2.75) is 12.8 Å². The highest BCUT2D eigenvalue weighted by molar-refractivity contribution is 7.99. The van der Waals surface area contributed by atoms with Crippen LogP contribution in [0.25, 0.3) is 0 Å². The van der Waals surface area contributed by atoms with Crippen molar-refractivity contribution in [2.75, 3.05) is 57.4 Å². The molecule has 0 saturated carbocycles. The van der Waals surface area contributed by atoms with Crippen LogP contribution in [0.4, 0.5) is 0 Å². The van der Waals surface area contributed by atoms with Crippen LogP contribution in [-0.2, 0) is 9.53 Å². The third kappa shape index (κ3) is 4.48. The number of ether oxygens (including phenoxy) is 1. The average Bonchev–Trinajstić information content (AvgIpc) is 2.89. The molecule has 0 aliphatic carbocycles. The summed E-state index contributed by atoms with van der Waals surface area (Å²) in [6.07, 6.45) is 2.37. The molecule has 98 valence electrons. The molecule has 0 aromatic heterocycles. The highest BCUT2D eigenvalue weighted by Gasteiger charge is 2.17. The lowest BCUT2D eigenvalue weighted by atomic mass is 10.4. The molecule has 0 aromatic carbocycles. The van der Waals surface area contributed by atoms with Gasteiger partial charge in [-0.15, -0.1) is 0 Å². The Balaban J connectivity index is 1.51. The molecule has 0 bridgehead atoms. The molecule has 4 nitrogen and oxygen atoms in total. The van der Waals surface area contributed by atoms with Crippen molar-refractivity contribution >= 4 is 17.7 Å². The van der Waals surface area contributed by atoms with Crippen molar-refractivity contribution in [3.05, 3.63) is 0 Å². The quantitative estimate of drug-likeness (QED) is 0.679. The van der Waals surface area contributed by atoms with Crippen molar-refractivity contribution in [2.24, 2.45) is 0 Å². The van der Waals surface area contributed by atoms with Gasteiger partial charge in [-0.1, -0.05) is 0 Å². The first-order chi connectivity index (χ1) is 8.36. The van der Waals surface area contributed by atoms with Crippen LogP contribution in [0.3, 0.4) is 0 Å². The Kier molecular flexibility index (Phi) is 5.61. The van der Waals surface area contributed by atoms with Gasteiger partial charge in [-0.25, -0.2) is 0 Å². The zero-order valence-corrected chi connectivity index (χ0v) is 11.2. The molecule has 0 radical (unpaired) electrons. The van der Waals surface area contributed by atoms with Crippen LogP contribution in [0.1, 0.15) is 12.8 Å². The lowest BCUT2D eigenvalue weighted by molar-refractivity contribution is -0.127. The van der Waals surface area contributed by atoms with Crippen molar-refractivity contribution in [1.82, 2.24) is 9.80 Å². The zero-order valence-electron chi connectivity index (χ0n) is 10.4. The molecule has 5 heteroatoms. The van der Waals surface area contributed by atoms with Gasteiger partial charge in [0.15, 0.2) is 0 Å². The van der Waals surface area contributed by atoms with E-state index >= 15 is 0 Å². The molecule has 2 saturated heterocycles. The molecule has 0 spiro atoms. The maximum absolute atomic E-state index is 11.8. The van der Waals surface area contributed by atoms with E-state index in [9.17, 15) is 4.79 Å². The number of thioether (sulfide) groups is 1. The Hall–Kier alpha value is -0.260. The highest BCUT2D eigenvalue weighted by Crippen LogP contribution is 2.11. The van der Waals surface area contributed by atoms with Crippen molar-refractivity contribution in [3.8, 4) is 0 Å². The number of rotatable bonds is 5. The van der Waals surface area contributed by atoms with E-state index < -0.39 is 0 Å². The second kappa shape index (κ2) is 7.24. The van der Waals surface area contributed by atoms with Crippen LogP contribution >= 0.6 is 11.8 Å². The first-order valence-corrected chi connectivity index (χ1v) is 7.67. The molecule has 0 unspecified atom stereocenters. The maximum atomic E-state index is 11.8. The fourth-order valence-corrected chi connectivity index (χ4v) is 3.12. The number of amides is 1. The number of carbonyl (C=O) groups excluding carboxylic acids is 1. The predicted octanol–water partition coefficient (Wildman–Crippen LogP) is 0.674. The van der Waals surface area contributed by atoms with Crippen molar-refractivity contribution in [1.29, 1.82) is 0 Å². The minimum absolute atomic E-state index is 0.328. The molecule has 0 aromatic rings. The minimum atomic E-state index is 0.328. The Morgan fingerprint density at radius 2 is 1.82 bits per heavy atom. The topological polar surface area (TPSA) is 32.8 Å². The van der Waals surface area contributed by atoms with Crippen LogP contribution < -0.4 is 0 Å². The lowest BCUT2D eigenvalue weighted by Gasteiger charge is -2.26. The van der Waals surface area contributed by atoms with Gasteiger partial charge in [0.2, 0.25) is 5.91 Å². The molecule has 0 N–H and O–H groups in total. The van der Waals surface area contributed by atoms with E-state index in [0.29, 0.717) is 11.7 Å². The number of morpholine rings is 1. The first kappa shape index (κ1) is 13.2. The molecule has 1 amide bonds. The molecule has 2 heterocycles. The minimum Gasteiger partial charge on any atom is -0.379 e. The Morgan fingerprint density at radius 3 is 2.53 bits per heavy atom. The van der Waals surface area contributed by atoms with Gasteiger partial charge >= 0.3 is 0 Å². The third-order valence-electron chi connectivity index (χ3n) is 3.34. The number of nitrogens with zero attached hydrogens (tertiary/aromatic N) is 2. The average molecular weight is 258 g/mol. The second-order valence-corrected chi connectivity index (χ2v) is 5.70. The zero-order chi connectivity index (χ0) is 11.9. The van der Waals surface area contributed by atoms with Gasteiger partial charge in [0.1, 0.15) is 0 Å². The smallest absolute Gasteiger partial charge is 0.232 e. The van der Waals surface area contributed by atoms with Gasteiger partial charge in [-0.2, -0.15) is 11.8 Å². The van der Waals surface area contributed by atoms with E-state index in [4.69, 9.17) is 4.74 Å². The molecular formula is C12H22N2O2S. The second-order valence-electron chi connectivity index (χ2n) is 4.59. The molecule has 2 aliphatic heterocycles. The van der Waals surface area contributed by atoms with Gasteiger partial charge in [0.25, 0.3) is 0 Å². The monoisotopic (exact) mass is 258 g/mol. The Morgan fingerprint density at radius 1 is 1.12 bits per heavy atom. The molecule has 2 fully saturated rings. The summed E-state index contributed by atoms with van der Waals surface area (Å²) in [6.45, 7) is 6.84. The molecular weight excluding hydrogens is 236 g/mol. The summed E-state index contributed by atoms with van der Waals surface area (Å²) in [5.41, 5.74) is 0. The van der Waals surface area contributed by atoms with E-state index in [1.165, 1.54) is 12.8 Å². The summed E-state index contributed by atoms with van der Waals surface area (Å²) < 4.78 is 5.30. The van der Waals surface area contributed by atoms with E-state index in [1.807, 2.05) is 4.90 Å². The Bertz CT molecular complexity index is 239. The molecule has 2 rings (SSSR count). The standard InChI is InChI=1S/C12H22N2O2S/c15-12(14-3-1-2-4-14)11-17-10-7-13-5-8-16-9-6-13/h1-11H2. The third-order valence-corrected chi connectivity index (χ3v) is 4.26. The van der Waals surface area contributed by atoms with E-state index in [0.717, 1.165) is 51.7 Å². The first-order valence-electron chi connectivity index (χ1n) is 6.52. The molecule has 2 aliphatic rings. The summed E-state index contributed by atoms with van der Waals surface area (Å²) in [7, 11) is 0. The normalized spacial score (nSPS) is 22.0. The summed E-state index contributed by atoms with van der Waals surface area (Å²) in [5, 5.41) is 0. The van der Waals surface area contributed by atoms with Gasteiger partial charge < -0.3 is 9.64 Å². The summed E-state index contributed by atoms with van der Waals surface area (Å²) in [4.78, 5) is 16.2. The molecule has 17 heavy (non-hydrogen) atoms. The van der Waals surface area contributed by atoms with Gasteiger partial charge in [0, 0.05) is 38.5 Å². The highest BCUT2D eigenvalue weighted by atomic mass is 32.2. The van der Waals surface area contributed by atoms with Crippen LogP contribution in [0, 0.1) is 0 Å². The van der Waals surface area contributed by atoms with Crippen LogP contribution in [0.5, 0.6) is 0 Å². The largest absolute Gasteiger partial charge is 0.379 e. The van der Waals surface area contributed by atoms with E-state index in [2.05, 4.69) is 4.90 Å². The van der Waals surface area contributed by atoms with Crippen molar-refractivity contribution in [3.63, 3.8) is 0 Å². The van der Waals surface area contributed by atoms with Gasteiger partial charge in [0.05, 0.1) is 19.0 Å². The number of hydrogen-bond donors (Lipinski definition) is 0. The van der Waals surface area contributed by atoms with Gasteiger partial charge in [-0.3, -0.25) is 9.69 Å². The summed E-state index contributed by atoms with van der Waals surface area (Å²) in [6, 6.07) is 0. The number of carbonyl (C=O) groups is 1.